The highest BCUT2D eigenvalue weighted by Crippen LogP contribution is 2.40. The molecule has 0 radical (unpaired) electrons. The van der Waals surface area contributed by atoms with Crippen LogP contribution in [0.1, 0.15) is 30.9 Å². The van der Waals surface area contributed by atoms with Crippen molar-refractivity contribution in [2.75, 3.05) is 29.9 Å². The van der Waals surface area contributed by atoms with Crippen molar-refractivity contribution < 1.29 is 9.31 Å². The second-order valence-corrected chi connectivity index (χ2v) is 8.15. The fourth-order valence-corrected chi connectivity index (χ4v) is 4.15. The van der Waals surface area contributed by atoms with Crippen LogP contribution in [0.5, 0.6) is 0 Å². The molecule has 0 spiro atoms. The number of halogens is 1. The molecule has 154 valence electrons. The van der Waals surface area contributed by atoms with Crippen molar-refractivity contribution in [3.8, 4) is 0 Å². The molecule has 6 nitrogen and oxygen atoms in total. The Morgan fingerprint density at radius 3 is 2.59 bits per heavy atom. The van der Waals surface area contributed by atoms with Gasteiger partial charge in [0.15, 0.2) is 5.82 Å². The molecule has 7 heteroatoms. The molecule has 1 unspecified atom stereocenters. The molecule has 1 aliphatic heterocycles. The Hall–Kier alpha value is -2.67. The Balaban J connectivity index is 1.56. The molecule has 2 fully saturated rings. The van der Waals surface area contributed by atoms with Gasteiger partial charge in [0.1, 0.15) is 5.69 Å². The normalized spacial score (nSPS) is 20.0. The van der Waals surface area contributed by atoms with Gasteiger partial charge in [0.25, 0.3) is 5.69 Å². The highest BCUT2D eigenvalue weighted by molar-refractivity contribution is 5.76. The minimum Gasteiger partial charge on any atom is -0.376 e. The molecule has 0 bridgehead atoms. The average Bonchev–Trinajstić information content (AvgIpc) is 3.51. The van der Waals surface area contributed by atoms with Crippen molar-refractivity contribution in [3.05, 3.63) is 63.5 Å². The lowest BCUT2D eigenvalue weighted by molar-refractivity contribution is -0.384. The van der Waals surface area contributed by atoms with Gasteiger partial charge in [0.05, 0.1) is 16.7 Å². The molecular formula is C22H27FN4O2. The zero-order valence-electron chi connectivity index (χ0n) is 16.9. The first kappa shape index (κ1) is 19.6. The predicted molar refractivity (Wildman–Crippen MR) is 113 cm³/mol. The summed E-state index contributed by atoms with van der Waals surface area (Å²) in [6.45, 7) is 7.00. The standard InChI is InChI=1S/C22H27FN4O2/c1-15-13-26(11-10-25(15)14-17-6-4-3-5-7-17)22-16(2)21(24-18-8-9-18)20(27(28)29)12-19(22)23/h3-7,12,15,18,24H,8-11,13-14H2,1-2H3. The molecule has 1 saturated carbocycles. The summed E-state index contributed by atoms with van der Waals surface area (Å²) in [5.74, 6) is -0.515. The molecule has 1 saturated heterocycles. The lowest BCUT2D eigenvalue weighted by Gasteiger charge is -2.41. The van der Waals surface area contributed by atoms with E-state index in [0.29, 0.717) is 30.0 Å². The van der Waals surface area contributed by atoms with E-state index in [1.54, 1.807) is 6.92 Å². The van der Waals surface area contributed by atoms with Crippen molar-refractivity contribution in [1.29, 1.82) is 0 Å². The van der Waals surface area contributed by atoms with Gasteiger partial charge < -0.3 is 10.2 Å². The monoisotopic (exact) mass is 398 g/mol. The minimum atomic E-state index is -0.515. The molecule has 2 aromatic rings. The van der Waals surface area contributed by atoms with Crippen LogP contribution in [-0.4, -0.2) is 41.5 Å². The van der Waals surface area contributed by atoms with Crippen molar-refractivity contribution in [2.24, 2.45) is 0 Å². The number of rotatable bonds is 6. The van der Waals surface area contributed by atoms with Gasteiger partial charge in [-0.05, 0) is 32.3 Å². The van der Waals surface area contributed by atoms with Crippen molar-refractivity contribution in [2.45, 2.75) is 45.3 Å². The Labute approximate surface area is 170 Å². The van der Waals surface area contributed by atoms with Crippen LogP contribution >= 0.6 is 0 Å². The number of nitro groups is 1. The second-order valence-electron chi connectivity index (χ2n) is 8.15. The third-order valence-corrected chi connectivity index (χ3v) is 5.91. The van der Waals surface area contributed by atoms with Crippen LogP contribution in [0.25, 0.3) is 0 Å². The predicted octanol–water partition coefficient (Wildman–Crippen LogP) is 4.33. The average molecular weight is 398 g/mol. The fraction of sp³-hybridized carbons (Fsp3) is 0.455. The van der Waals surface area contributed by atoms with E-state index < -0.39 is 10.7 Å². The molecule has 2 aromatic carbocycles. The number of nitrogens with zero attached hydrogens (tertiary/aromatic N) is 3. The van der Waals surface area contributed by atoms with Gasteiger partial charge in [0, 0.05) is 43.8 Å². The molecule has 1 atom stereocenters. The molecular weight excluding hydrogens is 371 g/mol. The van der Waals surface area contributed by atoms with E-state index in [1.165, 1.54) is 5.56 Å². The van der Waals surface area contributed by atoms with Crippen LogP contribution in [0.3, 0.4) is 0 Å². The van der Waals surface area contributed by atoms with Crippen LogP contribution in [0.2, 0.25) is 0 Å². The molecule has 1 heterocycles. The fourth-order valence-electron chi connectivity index (χ4n) is 4.15. The van der Waals surface area contributed by atoms with Gasteiger partial charge >= 0.3 is 0 Å². The quantitative estimate of drug-likeness (QED) is 0.580. The van der Waals surface area contributed by atoms with Gasteiger partial charge in [-0.3, -0.25) is 15.0 Å². The van der Waals surface area contributed by atoms with E-state index in [1.807, 2.05) is 23.1 Å². The maximum absolute atomic E-state index is 15.0. The van der Waals surface area contributed by atoms with Crippen LogP contribution in [0, 0.1) is 22.9 Å². The first-order chi connectivity index (χ1) is 13.9. The summed E-state index contributed by atoms with van der Waals surface area (Å²) in [7, 11) is 0. The summed E-state index contributed by atoms with van der Waals surface area (Å²) in [6.07, 6.45) is 2.00. The summed E-state index contributed by atoms with van der Waals surface area (Å²) >= 11 is 0. The maximum Gasteiger partial charge on any atom is 0.295 e. The largest absolute Gasteiger partial charge is 0.376 e. The Morgan fingerprint density at radius 2 is 1.97 bits per heavy atom. The zero-order valence-corrected chi connectivity index (χ0v) is 16.9. The zero-order chi connectivity index (χ0) is 20.5. The van der Waals surface area contributed by atoms with E-state index in [2.05, 4.69) is 29.3 Å². The molecule has 0 amide bonds. The highest BCUT2D eigenvalue weighted by atomic mass is 19.1. The van der Waals surface area contributed by atoms with Crippen LogP contribution < -0.4 is 10.2 Å². The van der Waals surface area contributed by atoms with E-state index in [9.17, 15) is 14.5 Å². The lowest BCUT2D eigenvalue weighted by atomic mass is 10.0. The molecule has 0 aromatic heterocycles. The Morgan fingerprint density at radius 1 is 1.24 bits per heavy atom. The highest BCUT2D eigenvalue weighted by Gasteiger charge is 2.32. The number of benzene rings is 2. The van der Waals surface area contributed by atoms with Gasteiger partial charge in [-0.1, -0.05) is 30.3 Å². The Kier molecular flexibility index (Phi) is 5.41. The number of hydrogen-bond donors (Lipinski definition) is 1. The summed E-state index contributed by atoms with van der Waals surface area (Å²) in [5.41, 5.74) is 2.68. The van der Waals surface area contributed by atoms with E-state index in [0.717, 1.165) is 32.0 Å². The first-order valence-corrected chi connectivity index (χ1v) is 10.2. The summed E-state index contributed by atoms with van der Waals surface area (Å²) < 4.78 is 15.0. The van der Waals surface area contributed by atoms with Gasteiger partial charge in [-0.15, -0.1) is 0 Å². The third-order valence-electron chi connectivity index (χ3n) is 5.91. The number of nitro benzene ring substituents is 1. The van der Waals surface area contributed by atoms with E-state index in [-0.39, 0.29) is 17.8 Å². The molecule has 2 aliphatic rings. The van der Waals surface area contributed by atoms with Crippen LogP contribution in [0.15, 0.2) is 36.4 Å². The number of nitrogens with one attached hydrogen (secondary N) is 1. The van der Waals surface area contributed by atoms with Crippen molar-refractivity contribution in [3.63, 3.8) is 0 Å². The van der Waals surface area contributed by atoms with Crippen LogP contribution in [-0.2, 0) is 6.54 Å². The van der Waals surface area contributed by atoms with Gasteiger partial charge in [0.2, 0.25) is 0 Å². The summed E-state index contributed by atoms with van der Waals surface area (Å²) in [6, 6.07) is 11.9. The number of anilines is 2. The molecule has 1 aliphatic carbocycles. The van der Waals surface area contributed by atoms with E-state index in [4.69, 9.17) is 0 Å². The summed E-state index contributed by atoms with van der Waals surface area (Å²) in [4.78, 5) is 15.4. The van der Waals surface area contributed by atoms with Crippen molar-refractivity contribution >= 4 is 17.1 Å². The lowest BCUT2D eigenvalue weighted by Crippen LogP contribution is -2.51. The topological polar surface area (TPSA) is 61.7 Å². The van der Waals surface area contributed by atoms with Gasteiger partial charge in [-0.2, -0.15) is 0 Å². The minimum absolute atomic E-state index is 0.175. The summed E-state index contributed by atoms with van der Waals surface area (Å²) in [5, 5.41) is 14.7. The number of piperazine rings is 1. The van der Waals surface area contributed by atoms with Crippen molar-refractivity contribution in [1.82, 2.24) is 4.90 Å². The van der Waals surface area contributed by atoms with Crippen LogP contribution in [0.4, 0.5) is 21.5 Å². The maximum atomic E-state index is 15.0. The molecule has 29 heavy (non-hydrogen) atoms. The third kappa shape index (κ3) is 4.19. The molecule has 1 N–H and O–H groups in total. The second kappa shape index (κ2) is 7.99. The molecule has 4 rings (SSSR count). The Bertz CT molecular complexity index is 901. The first-order valence-electron chi connectivity index (χ1n) is 10.2. The number of hydrogen-bond acceptors (Lipinski definition) is 5. The van der Waals surface area contributed by atoms with Gasteiger partial charge in [-0.25, -0.2) is 4.39 Å². The smallest absolute Gasteiger partial charge is 0.295 e. The van der Waals surface area contributed by atoms with E-state index >= 15 is 0 Å². The SMILES string of the molecule is Cc1c(NC2CC2)c([N+](=O)[O-])cc(F)c1N1CCN(Cc2ccccc2)C(C)C1.